The van der Waals surface area contributed by atoms with E-state index < -0.39 is 17.2 Å². The Morgan fingerprint density at radius 2 is 0.476 bits per heavy atom. The van der Waals surface area contributed by atoms with Crippen molar-refractivity contribution in [3.05, 3.63) is 0 Å². The minimum atomic E-state index is -1.66. The second-order valence-electron chi connectivity index (χ2n) is 11.6. The van der Waals surface area contributed by atoms with Crippen molar-refractivity contribution in [2.24, 2.45) is 0 Å². The van der Waals surface area contributed by atoms with E-state index in [0.717, 1.165) is 38.5 Å². The molecular formula is C34H74O6P2. The predicted molar refractivity (Wildman–Crippen MR) is 185 cm³/mol. The summed E-state index contributed by atoms with van der Waals surface area (Å²) in [6.45, 7) is 11.2. The van der Waals surface area contributed by atoms with Crippen molar-refractivity contribution in [2.45, 2.75) is 195 Å². The van der Waals surface area contributed by atoms with Crippen LogP contribution in [0.25, 0.3) is 0 Å². The van der Waals surface area contributed by atoms with Crippen molar-refractivity contribution in [2.75, 3.05) is 26.4 Å². The van der Waals surface area contributed by atoms with Crippen molar-refractivity contribution < 1.29 is 27.9 Å². The van der Waals surface area contributed by atoms with Gasteiger partial charge in [0.2, 0.25) is 0 Å². The van der Waals surface area contributed by atoms with E-state index in [1.54, 1.807) is 0 Å². The van der Waals surface area contributed by atoms with Crippen LogP contribution in [-0.2, 0) is 18.1 Å². The molecule has 0 fully saturated rings. The minimum absolute atomic E-state index is 0.602. The van der Waals surface area contributed by atoms with Gasteiger partial charge in [0, 0.05) is 0 Å². The Hall–Kier alpha value is 0.620. The number of rotatable bonds is 34. The van der Waals surface area contributed by atoms with Crippen molar-refractivity contribution >= 4 is 17.2 Å². The van der Waals surface area contributed by atoms with Crippen LogP contribution in [0.1, 0.15) is 195 Å². The number of hydrogen-bond donors (Lipinski definition) is 2. The standard InChI is InChI=1S/C26H55O3P.C8H19O3P/c1-3-5-7-9-11-13-15-17-19-21-23-25-28-30(27)29-26-24-22-20-18-16-14-12-10-8-6-4-2;1-3-5-7-10-12(9)11-8-6-4-2/h27H,3-26H2,1-2H3;9H,3-8H2,1-2H3. The van der Waals surface area contributed by atoms with E-state index in [-0.39, 0.29) is 0 Å². The first-order valence-electron chi connectivity index (χ1n) is 18.1. The molecule has 0 amide bonds. The predicted octanol–water partition coefficient (Wildman–Crippen LogP) is 12.7. The maximum absolute atomic E-state index is 9.79. The van der Waals surface area contributed by atoms with Gasteiger partial charge in [-0.15, -0.1) is 0 Å². The molecule has 256 valence electrons. The van der Waals surface area contributed by atoms with Crippen molar-refractivity contribution in [1.82, 2.24) is 0 Å². The van der Waals surface area contributed by atoms with Gasteiger partial charge in [-0.1, -0.05) is 169 Å². The van der Waals surface area contributed by atoms with Gasteiger partial charge in [0.15, 0.2) is 0 Å². The number of unbranched alkanes of at least 4 members (excludes halogenated alkanes) is 22. The fourth-order valence-electron chi connectivity index (χ4n) is 4.47. The van der Waals surface area contributed by atoms with E-state index >= 15 is 0 Å². The van der Waals surface area contributed by atoms with Gasteiger partial charge in [-0.25, -0.2) is 0 Å². The molecule has 0 bridgehead atoms. The number of hydrogen-bond acceptors (Lipinski definition) is 6. The van der Waals surface area contributed by atoms with E-state index in [1.807, 2.05) is 0 Å². The highest BCUT2D eigenvalue weighted by atomic mass is 31.2. The zero-order valence-corrected chi connectivity index (χ0v) is 30.4. The Morgan fingerprint density at radius 3 is 0.714 bits per heavy atom. The molecule has 42 heavy (non-hydrogen) atoms. The highest BCUT2D eigenvalue weighted by Crippen LogP contribution is 2.33. The molecule has 0 heterocycles. The van der Waals surface area contributed by atoms with E-state index in [1.165, 1.54) is 128 Å². The first kappa shape index (κ1) is 44.7. The van der Waals surface area contributed by atoms with Gasteiger partial charge < -0.3 is 27.9 Å². The molecule has 0 aromatic heterocycles. The molecule has 0 aromatic rings. The van der Waals surface area contributed by atoms with Gasteiger partial charge in [-0.05, 0) is 25.7 Å². The summed E-state index contributed by atoms with van der Waals surface area (Å²) in [5, 5.41) is 0. The molecule has 2 N–H and O–H groups in total. The minimum Gasteiger partial charge on any atom is -0.328 e. The largest absolute Gasteiger partial charge is 0.329 e. The summed E-state index contributed by atoms with van der Waals surface area (Å²) in [5.41, 5.74) is 0. The van der Waals surface area contributed by atoms with Gasteiger partial charge in [0.25, 0.3) is 0 Å². The second-order valence-corrected chi connectivity index (χ2v) is 13.6. The molecule has 0 saturated carbocycles. The summed E-state index contributed by atoms with van der Waals surface area (Å²) in [6, 6.07) is 0. The van der Waals surface area contributed by atoms with Crippen LogP contribution in [0.3, 0.4) is 0 Å². The molecule has 0 aliphatic rings. The highest BCUT2D eigenvalue weighted by Gasteiger charge is 2.06. The van der Waals surface area contributed by atoms with Crippen molar-refractivity contribution in [3.63, 3.8) is 0 Å². The normalized spacial score (nSPS) is 11.4. The maximum Gasteiger partial charge on any atom is 0.329 e. The molecule has 0 saturated heterocycles. The van der Waals surface area contributed by atoms with Gasteiger partial charge in [-0.3, -0.25) is 0 Å². The van der Waals surface area contributed by atoms with Crippen LogP contribution in [0.15, 0.2) is 0 Å². The molecule has 0 atom stereocenters. The van der Waals surface area contributed by atoms with Crippen LogP contribution >= 0.6 is 17.2 Å². The average molecular weight is 641 g/mol. The lowest BCUT2D eigenvalue weighted by atomic mass is 10.1. The van der Waals surface area contributed by atoms with Crippen LogP contribution in [0.2, 0.25) is 0 Å². The quantitative estimate of drug-likeness (QED) is 0.0538. The molecule has 0 aromatic carbocycles. The van der Waals surface area contributed by atoms with E-state index in [9.17, 15) is 4.89 Å². The zero-order valence-electron chi connectivity index (χ0n) is 28.6. The lowest BCUT2D eigenvalue weighted by Crippen LogP contribution is -1.95. The molecule has 0 aliphatic carbocycles. The van der Waals surface area contributed by atoms with E-state index in [2.05, 4.69) is 27.7 Å². The summed E-state index contributed by atoms with van der Waals surface area (Å²) in [4.78, 5) is 18.9. The van der Waals surface area contributed by atoms with Crippen LogP contribution in [0.4, 0.5) is 0 Å². The SMILES string of the molecule is CCCCCCCCCCCCCOP(O)OCCCCCCCCCCCCC.CCCCOP(O)OCCCC. The summed E-state index contributed by atoms with van der Waals surface area (Å²) in [5.74, 6) is 0. The topological polar surface area (TPSA) is 77.4 Å². The maximum atomic E-state index is 9.79. The molecule has 0 spiro atoms. The lowest BCUT2D eigenvalue weighted by molar-refractivity contribution is 0.193. The molecular weight excluding hydrogens is 566 g/mol. The average Bonchev–Trinajstić information content (AvgIpc) is 2.99. The molecule has 0 unspecified atom stereocenters. The molecule has 8 heteroatoms. The Labute approximate surface area is 265 Å². The summed E-state index contributed by atoms with van der Waals surface area (Å²) in [6.07, 6.45) is 33.4. The highest BCUT2D eigenvalue weighted by molar-refractivity contribution is 7.40. The van der Waals surface area contributed by atoms with Gasteiger partial charge in [-0.2, -0.15) is 0 Å². The molecule has 0 rings (SSSR count). The van der Waals surface area contributed by atoms with Crippen LogP contribution in [-0.4, -0.2) is 36.2 Å². The Kier molecular flexibility index (Phi) is 44.3. The van der Waals surface area contributed by atoms with Crippen LogP contribution in [0, 0.1) is 0 Å². The summed E-state index contributed by atoms with van der Waals surface area (Å²) in [7, 11) is -3.26. The smallest absolute Gasteiger partial charge is 0.328 e. The Bertz CT molecular complexity index is 424. The fourth-order valence-corrected chi connectivity index (χ4v) is 5.76. The van der Waals surface area contributed by atoms with E-state index in [0.29, 0.717) is 26.4 Å². The monoisotopic (exact) mass is 640 g/mol. The first-order valence-corrected chi connectivity index (χ1v) is 20.4. The molecule has 0 aliphatic heterocycles. The third-order valence-electron chi connectivity index (χ3n) is 7.30. The van der Waals surface area contributed by atoms with Crippen molar-refractivity contribution in [3.8, 4) is 0 Å². The summed E-state index contributed by atoms with van der Waals surface area (Å²) >= 11 is 0. The third kappa shape index (κ3) is 42.8. The van der Waals surface area contributed by atoms with Crippen molar-refractivity contribution in [1.29, 1.82) is 0 Å². The van der Waals surface area contributed by atoms with E-state index in [4.69, 9.17) is 23.0 Å². The Balaban J connectivity index is 0. The Morgan fingerprint density at radius 1 is 0.286 bits per heavy atom. The molecule has 0 radical (unpaired) electrons. The lowest BCUT2D eigenvalue weighted by Gasteiger charge is -2.10. The van der Waals surface area contributed by atoms with Gasteiger partial charge in [0.1, 0.15) is 0 Å². The first-order chi connectivity index (χ1) is 20.6. The second kappa shape index (κ2) is 41.6. The zero-order chi connectivity index (χ0) is 31.2. The molecule has 6 nitrogen and oxygen atoms in total. The van der Waals surface area contributed by atoms with Crippen LogP contribution < -0.4 is 0 Å². The van der Waals surface area contributed by atoms with Crippen LogP contribution in [0.5, 0.6) is 0 Å². The fraction of sp³-hybridized carbons (Fsp3) is 1.00. The third-order valence-corrected chi connectivity index (χ3v) is 8.91. The van der Waals surface area contributed by atoms with Gasteiger partial charge in [0.05, 0.1) is 26.4 Å². The van der Waals surface area contributed by atoms with Gasteiger partial charge >= 0.3 is 17.2 Å². The summed E-state index contributed by atoms with van der Waals surface area (Å²) < 4.78 is 20.9.